The molecule has 2 rings (SSSR count). The zero-order chi connectivity index (χ0) is 16.1. The predicted molar refractivity (Wildman–Crippen MR) is 85.6 cm³/mol. The van der Waals surface area contributed by atoms with Gasteiger partial charge in [0.15, 0.2) is 0 Å². The van der Waals surface area contributed by atoms with Gasteiger partial charge in [0.1, 0.15) is 6.04 Å². The second-order valence-corrected chi connectivity index (χ2v) is 5.62. The molecule has 1 atom stereocenters. The number of aliphatic carboxylic acids is 1. The first-order chi connectivity index (χ1) is 10.5. The molecule has 0 saturated heterocycles. The molecule has 1 aromatic heterocycles. The highest BCUT2D eigenvalue weighted by Gasteiger charge is 2.24. The molecule has 118 valence electrons. The number of nitrogens with zero attached hydrogens (tertiary/aromatic N) is 3. The number of likely N-dealkylation sites (N-methyl/N-ethyl adjacent to an activating group) is 2. The second-order valence-electron chi connectivity index (χ2n) is 5.62. The van der Waals surface area contributed by atoms with Crippen molar-refractivity contribution in [2.75, 3.05) is 34.2 Å². The van der Waals surface area contributed by atoms with E-state index in [1.54, 1.807) is 6.20 Å². The molecule has 2 aromatic rings. The maximum absolute atomic E-state index is 11.6. The van der Waals surface area contributed by atoms with Crippen molar-refractivity contribution in [3.05, 3.63) is 42.1 Å². The van der Waals surface area contributed by atoms with Gasteiger partial charge in [-0.2, -0.15) is 5.10 Å². The fourth-order valence-electron chi connectivity index (χ4n) is 2.33. The van der Waals surface area contributed by atoms with Crippen molar-refractivity contribution in [1.82, 2.24) is 20.0 Å². The average molecular weight is 302 g/mol. The van der Waals surface area contributed by atoms with Crippen molar-refractivity contribution in [1.29, 1.82) is 0 Å². The lowest BCUT2D eigenvalue weighted by molar-refractivity contribution is -0.143. The van der Waals surface area contributed by atoms with Gasteiger partial charge >= 0.3 is 5.97 Å². The van der Waals surface area contributed by atoms with Crippen LogP contribution in [0.1, 0.15) is 11.6 Å². The first-order valence-corrected chi connectivity index (χ1v) is 7.16. The molecule has 0 amide bonds. The molecule has 2 N–H and O–H groups in total. The molecule has 0 aliphatic rings. The molecule has 0 bridgehead atoms. The summed E-state index contributed by atoms with van der Waals surface area (Å²) in [5.41, 5.74) is 2.68. The minimum absolute atomic E-state index is 0.643. The summed E-state index contributed by atoms with van der Waals surface area (Å²) in [4.78, 5) is 15.5. The number of rotatable bonds is 7. The fourth-order valence-corrected chi connectivity index (χ4v) is 2.33. The van der Waals surface area contributed by atoms with Crippen molar-refractivity contribution in [2.24, 2.45) is 0 Å². The highest BCUT2D eigenvalue weighted by molar-refractivity contribution is 5.76. The lowest BCUT2D eigenvalue weighted by Gasteiger charge is -2.26. The van der Waals surface area contributed by atoms with E-state index in [4.69, 9.17) is 0 Å². The molecule has 0 saturated carbocycles. The quantitative estimate of drug-likeness (QED) is 0.814. The molecule has 0 fully saturated rings. The topological polar surface area (TPSA) is 72.5 Å². The van der Waals surface area contributed by atoms with Crippen LogP contribution in [-0.2, 0) is 4.79 Å². The zero-order valence-electron chi connectivity index (χ0n) is 13.2. The maximum Gasteiger partial charge on any atom is 0.325 e. The number of H-pyrrole nitrogens is 1. The molecule has 1 unspecified atom stereocenters. The van der Waals surface area contributed by atoms with Crippen LogP contribution in [-0.4, -0.2) is 65.3 Å². The van der Waals surface area contributed by atoms with Gasteiger partial charge in [-0.05, 0) is 38.3 Å². The smallest absolute Gasteiger partial charge is 0.325 e. The predicted octanol–water partition coefficient (Wildman–Crippen LogP) is 1.70. The monoisotopic (exact) mass is 302 g/mol. The van der Waals surface area contributed by atoms with E-state index in [0.29, 0.717) is 6.54 Å². The standard InChI is InChI=1S/C16H22N4O2/c1-19(2)10-11-20(3)15(16(21)22)13-6-4-12(5-7-13)14-8-9-17-18-14/h4-9,15H,10-11H2,1-3H3,(H,17,18)(H,21,22). The van der Waals surface area contributed by atoms with Crippen molar-refractivity contribution in [2.45, 2.75) is 6.04 Å². The lowest BCUT2D eigenvalue weighted by atomic mass is 10.0. The third-order valence-corrected chi connectivity index (χ3v) is 3.61. The minimum atomic E-state index is -0.837. The Hall–Kier alpha value is -2.18. The second kappa shape index (κ2) is 7.20. The van der Waals surface area contributed by atoms with E-state index < -0.39 is 12.0 Å². The van der Waals surface area contributed by atoms with Gasteiger partial charge in [-0.1, -0.05) is 24.3 Å². The van der Waals surface area contributed by atoms with Crippen LogP contribution in [0.2, 0.25) is 0 Å². The van der Waals surface area contributed by atoms with Gasteiger partial charge in [0, 0.05) is 19.3 Å². The molecule has 1 aromatic carbocycles. The van der Waals surface area contributed by atoms with E-state index >= 15 is 0 Å². The summed E-state index contributed by atoms with van der Waals surface area (Å²) >= 11 is 0. The van der Waals surface area contributed by atoms with Crippen molar-refractivity contribution < 1.29 is 9.90 Å². The molecular weight excluding hydrogens is 280 g/mol. The molecule has 6 heteroatoms. The SMILES string of the molecule is CN(C)CCN(C)C(C(=O)O)c1ccc(-c2ccn[nH]2)cc1. The number of nitrogens with one attached hydrogen (secondary N) is 1. The molecular formula is C16H22N4O2. The Kier molecular flexibility index (Phi) is 5.30. The first-order valence-electron chi connectivity index (χ1n) is 7.16. The summed E-state index contributed by atoms with van der Waals surface area (Å²) < 4.78 is 0. The number of benzene rings is 1. The van der Waals surface area contributed by atoms with Gasteiger partial charge in [0.25, 0.3) is 0 Å². The number of aromatic nitrogens is 2. The Morgan fingerprint density at radius 3 is 2.36 bits per heavy atom. The molecule has 0 radical (unpaired) electrons. The number of aromatic amines is 1. The molecule has 6 nitrogen and oxygen atoms in total. The average Bonchev–Trinajstić information content (AvgIpc) is 3.00. The Bertz CT molecular complexity index is 593. The third-order valence-electron chi connectivity index (χ3n) is 3.61. The molecule has 1 heterocycles. The van der Waals surface area contributed by atoms with E-state index in [1.807, 2.05) is 61.3 Å². The van der Waals surface area contributed by atoms with E-state index in [0.717, 1.165) is 23.4 Å². The van der Waals surface area contributed by atoms with Crippen molar-refractivity contribution >= 4 is 5.97 Å². The summed E-state index contributed by atoms with van der Waals surface area (Å²) in [5.74, 6) is -0.837. The van der Waals surface area contributed by atoms with Crippen LogP contribution in [0.3, 0.4) is 0 Å². The summed E-state index contributed by atoms with van der Waals surface area (Å²) in [6.45, 7) is 1.50. The molecule has 22 heavy (non-hydrogen) atoms. The largest absolute Gasteiger partial charge is 0.480 e. The summed E-state index contributed by atoms with van der Waals surface area (Å²) in [6, 6.07) is 8.79. The summed E-state index contributed by atoms with van der Waals surface area (Å²) in [7, 11) is 5.79. The number of hydrogen-bond acceptors (Lipinski definition) is 4. The van der Waals surface area contributed by atoms with Gasteiger partial charge in [0.05, 0.1) is 5.69 Å². The van der Waals surface area contributed by atoms with Gasteiger partial charge in [-0.15, -0.1) is 0 Å². The highest BCUT2D eigenvalue weighted by atomic mass is 16.4. The van der Waals surface area contributed by atoms with Gasteiger partial charge in [0.2, 0.25) is 0 Å². The summed E-state index contributed by atoms with van der Waals surface area (Å²) in [5, 5.41) is 16.4. The van der Waals surface area contributed by atoms with E-state index in [-0.39, 0.29) is 0 Å². The van der Waals surface area contributed by atoms with Crippen LogP contribution in [0, 0.1) is 0 Å². The number of carboxylic acids is 1. The zero-order valence-corrected chi connectivity index (χ0v) is 13.2. The third kappa shape index (κ3) is 3.93. The Morgan fingerprint density at radius 2 is 1.86 bits per heavy atom. The number of carboxylic acid groups (broad SMARTS) is 1. The van der Waals surface area contributed by atoms with Crippen LogP contribution >= 0.6 is 0 Å². The maximum atomic E-state index is 11.6. The fraction of sp³-hybridized carbons (Fsp3) is 0.375. The minimum Gasteiger partial charge on any atom is -0.480 e. The van der Waals surface area contributed by atoms with E-state index in [2.05, 4.69) is 10.2 Å². The van der Waals surface area contributed by atoms with Crippen LogP contribution in [0.4, 0.5) is 0 Å². The van der Waals surface area contributed by atoms with E-state index in [1.165, 1.54) is 0 Å². The van der Waals surface area contributed by atoms with Crippen LogP contribution in [0.5, 0.6) is 0 Å². The van der Waals surface area contributed by atoms with E-state index in [9.17, 15) is 9.90 Å². The van der Waals surface area contributed by atoms with Crippen molar-refractivity contribution in [3.8, 4) is 11.3 Å². The van der Waals surface area contributed by atoms with Gasteiger partial charge < -0.3 is 10.0 Å². The lowest BCUT2D eigenvalue weighted by Crippen LogP contribution is -2.35. The Labute approximate surface area is 130 Å². The van der Waals surface area contributed by atoms with Gasteiger partial charge in [-0.3, -0.25) is 14.8 Å². The van der Waals surface area contributed by atoms with Crippen LogP contribution in [0.25, 0.3) is 11.3 Å². The molecule has 0 spiro atoms. The highest BCUT2D eigenvalue weighted by Crippen LogP contribution is 2.23. The van der Waals surface area contributed by atoms with Crippen LogP contribution in [0.15, 0.2) is 36.5 Å². The first kappa shape index (κ1) is 16.2. The Balaban J connectivity index is 2.16. The molecule has 0 aliphatic carbocycles. The normalized spacial score (nSPS) is 12.8. The molecule has 0 aliphatic heterocycles. The number of carbonyl (C=O) groups is 1. The summed E-state index contributed by atoms with van der Waals surface area (Å²) in [6.07, 6.45) is 1.69. The Morgan fingerprint density at radius 1 is 1.18 bits per heavy atom. The van der Waals surface area contributed by atoms with Crippen molar-refractivity contribution in [3.63, 3.8) is 0 Å². The van der Waals surface area contributed by atoms with Gasteiger partial charge in [-0.25, -0.2) is 0 Å². The number of hydrogen-bond donors (Lipinski definition) is 2. The van der Waals surface area contributed by atoms with Crippen LogP contribution < -0.4 is 0 Å².